The first-order valence-corrected chi connectivity index (χ1v) is 5.59. The fraction of sp³-hybridized carbons (Fsp3) is 0.500. The minimum absolute atomic E-state index is 0.00769. The maximum atomic E-state index is 10.6. The summed E-state index contributed by atoms with van der Waals surface area (Å²) >= 11 is 0. The quantitative estimate of drug-likeness (QED) is 0.671. The number of ether oxygens (including phenoxy) is 1. The number of carboxylic acid groups (broad SMARTS) is 1. The van der Waals surface area contributed by atoms with Gasteiger partial charge in [-0.2, -0.15) is 0 Å². The largest absolute Gasteiger partial charge is 0.477 e. The van der Waals surface area contributed by atoms with E-state index in [2.05, 4.69) is 10.3 Å². The summed E-state index contributed by atoms with van der Waals surface area (Å²) in [6.07, 6.45) is 1.94. The van der Waals surface area contributed by atoms with Crippen molar-refractivity contribution in [1.29, 1.82) is 0 Å². The highest BCUT2D eigenvalue weighted by molar-refractivity contribution is 5.85. The summed E-state index contributed by atoms with van der Waals surface area (Å²) in [5, 5.41) is 21.7. The van der Waals surface area contributed by atoms with Crippen LogP contribution in [0.2, 0.25) is 0 Å². The second-order valence-corrected chi connectivity index (χ2v) is 4.33. The van der Waals surface area contributed by atoms with Crippen LogP contribution in [0.5, 0.6) is 0 Å². The third-order valence-electron chi connectivity index (χ3n) is 2.50. The lowest BCUT2D eigenvalue weighted by atomic mass is 10.0. The number of methoxy groups -OCH3 is 1. The maximum Gasteiger partial charge on any atom is 0.354 e. The molecule has 3 N–H and O–H groups in total. The number of nitrogens with zero attached hydrogens (tertiary/aromatic N) is 1. The molecule has 1 aromatic heterocycles. The summed E-state index contributed by atoms with van der Waals surface area (Å²) in [6, 6.07) is 3.03. The molecule has 1 atom stereocenters. The SMILES string of the molecule is COCCC(C)(O)CNc1ccc(C(=O)O)nc1. The summed E-state index contributed by atoms with van der Waals surface area (Å²) in [6.45, 7) is 2.52. The Hall–Kier alpha value is -1.66. The first-order valence-electron chi connectivity index (χ1n) is 5.59. The van der Waals surface area contributed by atoms with Crippen LogP contribution < -0.4 is 5.32 Å². The zero-order valence-corrected chi connectivity index (χ0v) is 10.5. The highest BCUT2D eigenvalue weighted by Gasteiger charge is 2.19. The molecule has 1 aromatic rings. The van der Waals surface area contributed by atoms with E-state index in [0.717, 1.165) is 0 Å². The van der Waals surface area contributed by atoms with E-state index in [1.54, 1.807) is 20.1 Å². The summed E-state index contributed by atoms with van der Waals surface area (Å²) in [5.74, 6) is -1.06. The third-order valence-corrected chi connectivity index (χ3v) is 2.50. The van der Waals surface area contributed by atoms with Crippen molar-refractivity contribution in [3.8, 4) is 0 Å². The van der Waals surface area contributed by atoms with Crippen molar-refractivity contribution in [2.45, 2.75) is 18.9 Å². The maximum absolute atomic E-state index is 10.6. The molecule has 0 saturated carbocycles. The number of carbonyl (C=O) groups is 1. The van der Waals surface area contributed by atoms with Gasteiger partial charge in [-0.1, -0.05) is 0 Å². The van der Waals surface area contributed by atoms with Gasteiger partial charge in [-0.25, -0.2) is 9.78 Å². The second-order valence-electron chi connectivity index (χ2n) is 4.33. The number of carboxylic acids is 1. The van der Waals surface area contributed by atoms with Gasteiger partial charge in [0.25, 0.3) is 0 Å². The normalized spacial score (nSPS) is 13.9. The van der Waals surface area contributed by atoms with Crippen molar-refractivity contribution in [2.75, 3.05) is 25.6 Å². The van der Waals surface area contributed by atoms with Crippen LogP contribution >= 0.6 is 0 Å². The lowest BCUT2D eigenvalue weighted by Crippen LogP contribution is -2.34. The highest BCUT2D eigenvalue weighted by Crippen LogP contribution is 2.12. The standard InChI is InChI=1S/C12H18N2O4/c1-12(17,5-6-18-2)8-14-9-3-4-10(11(15)16)13-7-9/h3-4,7,14,17H,5-6,8H2,1-2H3,(H,15,16). The summed E-state index contributed by atoms with van der Waals surface area (Å²) in [5.41, 5.74) is -0.231. The van der Waals surface area contributed by atoms with Crippen LogP contribution in [0, 0.1) is 0 Å². The molecule has 18 heavy (non-hydrogen) atoms. The molecule has 0 bridgehead atoms. The molecule has 0 aliphatic heterocycles. The smallest absolute Gasteiger partial charge is 0.354 e. The molecule has 0 radical (unpaired) electrons. The molecular weight excluding hydrogens is 236 g/mol. The van der Waals surface area contributed by atoms with Gasteiger partial charge in [0.05, 0.1) is 17.5 Å². The average Bonchev–Trinajstić information content (AvgIpc) is 2.35. The van der Waals surface area contributed by atoms with E-state index in [9.17, 15) is 9.90 Å². The van der Waals surface area contributed by atoms with Crippen molar-refractivity contribution in [3.63, 3.8) is 0 Å². The van der Waals surface area contributed by atoms with E-state index >= 15 is 0 Å². The van der Waals surface area contributed by atoms with Crippen LogP contribution in [0.1, 0.15) is 23.8 Å². The Labute approximate surface area is 106 Å². The average molecular weight is 254 g/mol. The zero-order chi connectivity index (χ0) is 13.6. The van der Waals surface area contributed by atoms with Crippen molar-refractivity contribution in [3.05, 3.63) is 24.0 Å². The van der Waals surface area contributed by atoms with Gasteiger partial charge in [-0.05, 0) is 19.1 Å². The highest BCUT2D eigenvalue weighted by atomic mass is 16.5. The molecule has 1 rings (SSSR count). The molecule has 1 heterocycles. The Kier molecular flexibility index (Phi) is 5.06. The minimum Gasteiger partial charge on any atom is -0.477 e. The molecule has 0 amide bonds. The number of hydrogen-bond acceptors (Lipinski definition) is 5. The van der Waals surface area contributed by atoms with Crippen LogP contribution in [-0.4, -0.2) is 47.0 Å². The molecule has 0 saturated heterocycles. The van der Waals surface area contributed by atoms with E-state index in [-0.39, 0.29) is 5.69 Å². The number of aliphatic hydroxyl groups is 1. The van der Waals surface area contributed by atoms with E-state index in [1.807, 2.05) is 0 Å². The Bertz CT molecular complexity index is 390. The van der Waals surface area contributed by atoms with Crippen molar-refractivity contribution >= 4 is 11.7 Å². The summed E-state index contributed by atoms with van der Waals surface area (Å²) in [7, 11) is 1.58. The number of aromatic carboxylic acids is 1. The van der Waals surface area contributed by atoms with Gasteiger partial charge in [0.2, 0.25) is 0 Å². The lowest BCUT2D eigenvalue weighted by molar-refractivity contribution is 0.0357. The van der Waals surface area contributed by atoms with Gasteiger partial charge in [-0.3, -0.25) is 0 Å². The fourth-order valence-corrected chi connectivity index (χ4v) is 1.33. The Morgan fingerprint density at radius 1 is 1.56 bits per heavy atom. The van der Waals surface area contributed by atoms with Gasteiger partial charge >= 0.3 is 5.97 Å². The van der Waals surface area contributed by atoms with Crippen molar-refractivity contribution in [1.82, 2.24) is 4.98 Å². The fourth-order valence-electron chi connectivity index (χ4n) is 1.33. The van der Waals surface area contributed by atoms with Crippen molar-refractivity contribution in [2.24, 2.45) is 0 Å². The lowest BCUT2D eigenvalue weighted by Gasteiger charge is -2.23. The molecule has 0 aromatic carbocycles. The molecular formula is C12H18N2O4. The van der Waals surface area contributed by atoms with Gasteiger partial charge in [0.1, 0.15) is 5.69 Å². The molecule has 100 valence electrons. The molecule has 0 fully saturated rings. The van der Waals surface area contributed by atoms with Crippen LogP contribution in [0.3, 0.4) is 0 Å². The number of pyridine rings is 1. The molecule has 6 heteroatoms. The summed E-state index contributed by atoms with van der Waals surface area (Å²) < 4.78 is 4.91. The second kappa shape index (κ2) is 6.32. The van der Waals surface area contributed by atoms with Crippen LogP contribution in [0.15, 0.2) is 18.3 Å². The predicted molar refractivity (Wildman–Crippen MR) is 66.8 cm³/mol. The number of hydrogen-bond donors (Lipinski definition) is 3. The number of nitrogens with one attached hydrogen (secondary N) is 1. The zero-order valence-electron chi connectivity index (χ0n) is 10.5. The first-order chi connectivity index (χ1) is 8.44. The molecule has 0 spiro atoms. The molecule has 1 unspecified atom stereocenters. The van der Waals surface area contributed by atoms with Crippen LogP contribution in [0.25, 0.3) is 0 Å². The Morgan fingerprint density at radius 3 is 2.78 bits per heavy atom. The van der Waals surface area contributed by atoms with Crippen molar-refractivity contribution < 1.29 is 19.7 Å². The molecule has 0 aliphatic carbocycles. The van der Waals surface area contributed by atoms with Crippen LogP contribution in [0.4, 0.5) is 5.69 Å². The number of rotatable bonds is 7. The predicted octanol–water partition coefficient (Wildman–Crippen LogP) is 0.979. The Balaban J connectivity index is 2.50. The van der Waals surface area contributed by atoms with Gasteiger partial charge in [-0.15, -0.1) is 0 Å². The first kappa shape index (κ1) is 14.4. The van der Waals surface area contributed by atoms with Gasteiger partial charge in [0.15, 0.2) is 0 Å². The third kappa shape index (κ3) is 4.68. The topological polar surface area (TPSA) is 91.7 Å². The Morgan fingerprint density at radius 2 is 2.28 bits per heavy atom. The van der Waals surface area contributed by atoms with Gasteiger partial charge < -0.3 is 20.3 Å². The van der Waals surface area contributed by atoms with Gasteiger partial charge in [0, 0.05) is 26.7 Å². The minimum atomic E-state index is -1.06. The van der Waals surface area contributed by atoms with E-state index < -0.39 is 11.6 Å². The number of aromatic nitrogens is 1. The van der Waals surface area contributed by atoms with E-state index in [1.165, 1.54) is 12.3 Å². The van der Waals surface area contributed by atoms with E-state index in [0.29, 0.717) is 25.3 Å². The van der Waals surface area contributed by atoms with Crippen LogP contribution in [-0.2, 0) is 4.74 Å². The van der Waals surface area contributed by atoms with E-state index in [4.69, 9.17) is 9.84 Å². The molecule has 6 nitrogen and oxygen atoms in total. The summed E-state index contributed by atoms with van der Waals surface area (Å²) in [4.78, 5) is 14.4. The molecule has 0 aliphatic rings. The monoisotopic (exact) mass is 254 g/mol. The number of anilines is 1.